The highest BCUT2D eigenvalue weighted by atomic mass is 32.2. The number of anilines is 1. The van der Waals surface area contributed by atoms with Gasteiger partial charge in [0.15, 0.2) is 0 Å². The fourth-order valence-corrected chi connectivity index (χ4v) is 4.97. The van der Waals surface area contributed by atoms with Gasteiger partial charge < -0.3 is 10.1 Å². The highest BCUT2D eigenvalue weighted by Crippen LogP contribution is 2.45. The molecule has 4 heteroatoms. The predicted octanol–water partition coefficient (Wildman–Crippen LogP) is 4.79. The van der Waals surface area contributed by atoms with Crippen LogP contribution >= 0.6 is 23.1 Å². The Labute approximate surface area is 122 Å². The average molecular weight is 291 g/mol. The van der Waals surface area contributed by atoms with Crippen LogP contribution in [0.3, 0.4) is 0 Å². The van der Waals surface area contributed by atoms with Gasteiger partial charge in [0.2, 0.25) is 0 Å². The minimum atomic E-state index is 0.407. The summed E-state index contributed by atoms with van der Waals surface area (Å²) in [6.45, 7) is 2.30. The van der Waals surface area contributed by atoms with Gasteiger partial charge in [0.05, 0.1) is 17.4 Å². The Bertz CT molecular complexity index is 567. The molecule has 1 aromatic carbocycles. The van der Waals surface area contributed by atoms with Crippen LogP contribution in [0.15, 0.2) is 39.9 Å². The first-order chi connectivity index (χ1) is 9.26. The van der Waals surface area contributed by atoms with E-state index in [1.807, 2.05) is 35.2 Å². The molecule has 19 heavy (non-hydrogen) atoms. The first-order valence-corrected chi connectivity index (χ1v) is 8.17. The maximum Gasteiger partial charge on any atom is 0.120 e. The van der Waals surface area contributed by atoms with E-state index in [0.29, 0.717) is 11.3 Å². The normalized spacial score (nSPS) is 21.8. The van der Waals surface area contributed by atoms with Crippen LogP contribution in [0.5, 0.6) is 5.75 Å². The van der Waals surface area contributed by atoms with Crippen molar-refractivity contribution in [2.24, 2.45) is 0 Å². The Hall–Kier alpha value is -1.13. The maximum absolute atomic E-state index is 5.28. The molecular formula is C15H17NOS2. The van der Waals surface area contributed by atoms with Crippen molar-refractivity contribution in [1.29, 1.82) is 0 Å². The zero-order valence-corrected chi connectivity index (χ0v) is 12.7. The smallest absolute Gasteiger partial charge is 0.120 e. The summed E-state index contributed by atoms with van der Waals surface area (Å²) in [4.78, 5) is 0. The summed E-state index contributed by atoms with van der Waals surface area (Å²) >= 11 is 3.84. The van der Waals surface area contributed by atoms with E-state index in [4.69, 9.17) is 4.74 Å². The largest absolute Gasteiger partial charge is 0.497 e. The molecule has 2 aromatic rings. The van der Waals surface area contributed by atoms with E-state index in [-0.39, 0.29) is 0 Å². The Morgan fingerprint density at radius 2 is 2.21 bits per heavy atom. The van der Waals surface area contributed by atoms with Gasteiger partial charge in [0.25, 0.3) is 0 Å². The van der Waals surface area contributed by atoms with Crippen molar-refractivity contribution >= 4 is 28.8 Å². The van der Waals surface area contributed by atoms with Gasteiger partial charge in [0.1, 0.15) is 5.75 Å². The summed E-state index contributed by atoms with van der Waals surface area (Å²) in [7, 11) is 1.70. The molecule has 1 aliphatic rings. The third-order valence-corrected chi connectivity index (χ3v) is 5.66. The van der Waals surface area contributed by atoms with Crippen LogP contribution in [0, 0.1) is 0 Å². The average Bonchev–Trinajstić information content (AvgIpc) is 2.87. The van der Waals surface area contributed by atoms with Crippen LogP contribution in [0.25, 0.3) is 0 Å². The Morgan fingerprint density at radius 1 is 1.32 bits per heavy atom. The zero-order chi connectivity index (χ0) is 13.2. The molecule has 0 bridgehead atoms. The molecule has 2 atom stereocenters. The third-order valence-electron chi connectivity index (χ3n) is 3.32. The van der Waals surface area contributed by atoms with E-state index in [2.05, 4.69) is 35.8 Å². The summed E-state index contributed by atoms with van der Waals surface area (Å²) in [6, 6.07) is 10.8. The van der Waals surface area contributed by atoms with Crippen molar-refractivity contribution in [3.05, 3.63) is 41.3 Å². The predicted molar refractivity (Wildman–Crippen MR) is 83.6 cm³/mol. The van der Waals surface area contributed by atoms with E-state index in [1.54, 1.807) is 7.11 Å². The van der Waals surface area contributed by atoms with E-state index in [0.717, 1.165) is 17.9 Å². The van der Waals surface area contributed by atoms with Crippen LogP contribution in [-0.4, -0.2) is 12.4 Å². The number of nitrogens with one attached hydrogen (secondary N) is 1. The molecule has 3 rings (SSSR count). The molecule has 2 heterocycles. The molecule has 0 amide bonds. The van der Waals surface area contributed by atoms with E-state index in [9.17, 15) is 0 Å². The number of methoxy groups -OCH3 is 1. The van der Waals surface area contributed by atoms with Crippen molar-refractivity contribution in [3.8, 4) is 5.75 Å². The number of thioether (sulfide) groups is 1. The summed E-state index contributed by atoms with van der Waals surface area (Å²) in [5, 5.41) is 6.49. The van der Waals surface area contributed by atoms with Crippen molar-refractivity contribution in [2.75, 3.05) is 12.4 Å². The number of hydrogen-bond donors (Lipinski definition) is 1. The molecule has 100 valence electrons. The second-order valence-electron chi connectivity index (χ2n) is 4.76. The highest BCUT2D eigenvalue weighted by molar-refractivity contribution is 8.01. The van der Waals surface area contributed by atoms with Gasteiger partial charge in [-0.3, -0.25) is 0 Å². The van der Waals surface area contributed by atoms with Crippen LogP contribution in [-0.2, 0) is 0 Å². The molecule has 2 nitrogen and oxygen atoms in total. The van der Waals surface area contributed by atoms with Crippen LogP contribution in [0.1, 0.15) is 24.9 Å². The Kier molecular flexibility index (Phi) is 3.71. The Balaban J connectivity index is 1.83. The minimum absolute atomic E-state index is 0.407. The standard InChI is InChI=1S/C15H17NOS2/c1-10-8-14(13-6-7-18-15(13)19-10)16-11-4-3-5-12(9-11)17-2/h3-7,9-10,14,16H,8H2,1-2H3/t10-,14?/m0/s1. The number of rotatable bonds is 3. The number of ether oxygens (including phenoxy) is 1. The minimum Gasteiger partial charge on any atom is -0.497 e. The van der Waals surface area contributed by atoms with Crippen molar-refractivity contribution in [3.63, 3.8) is 0 Å². The third kappa shape index (κ3) is 2.74. The lowest BCUT2D eigenvalue weighted by molar-refractivity contribution is 0.415. The number of fused-ring (bicyclic) bond motifs is 1. The number of hydrogen-bond acceptors (Lipinski definition) is 4. The van der Waals surface area contributed by atoms with Gasteiger partial charge in [-0.15, -0.1) is 23.1 Å². The fraction of sp³-hybridized carbons (Fsp3) is 0.333. The van der Waals surface area contributed by atoms with Gasteiger partial charge in [0, 0.05) is 17.0 Å². The molecular weight excluding hydrogens is 274 g/mol. The summed E-state index contributed by atoms with van der Waals surface area (Å²) in [5.74, 6) is 0.897. The monoisotopic (exact) mass is 291 g/mol. The van der Waals surface area contributed by atoms with Crippen LogP contribution < -0.4 is 10.1 Å². The Morgan fingerprint density at radius 3 is 3.05 bits per heavy atom. The summed E-state index contributed by atoms with van der Waals surface area (Å²) < 4.78 is 6.74. The van der Waals surface area contributed by atoms with Crippen molar-refractivity contribution in [2.45, 2.75) is 28.8 Å². The van der Waals surface area contributed by atoms with Crippen molar-refractivity contribution in [1.82, 2.24) is 0 Å². The van der Waals surface area contributed by atoms with Gasteiger partial charge in [-0.05, 0) is 35.6 Å². The fourth-order valence-electron chi connectivity index (χ4n) is 2.40. The van der Waals surface area contributed by atoms with Gasteiger partial charge in [-0.25, -0.2) is 0 Å². The highest BCUT2D eigenvalue weighted by Gasteiger charge is 2.26. The second kappa shape index (κ2) is 5.47. The molecule has 0 spiro atoms. The van der Waals surface area contributed by atoms with Gasteiger partial charge >= 0.3 is 0 Å². The summed E-state index contributed by atoms with van der Waals surface area (Å²) in [5.41, 5.74) is 2.57. The number of thiophene rings is 1. The molecule has 1 N–H and O–H groups in total. The van der Waals surface area contributed by atoms with Gasteiger partial charge in [-0.1, -0.05) is 13.0 Å². The second-order valence-corrected chi connectivity index (χ2v) is 7.38. The first kappa shape index (κ1) is 12.9. The van der Waals surface area contributed by atoms with Gasteiger partial charge in [-0.2, -0.15) is 0 Å². The van der Waals surface area contributed by atoms with E-state index < -0.39 is 0 Å². The first-order valence-electron chi connectivity index (χ1n) is 6.41. The lowest BCUT2D eigenvalue weighted by atomic mass is 10.0. The lowest BCUT2D eigenvalue weighted by Gasteiger charge is -2.28. The van der Waals surface area contributed by atoms with E-state index >= 15 is 0 Å². The maximum atomic E-state index is 5.28. The number of benzene rings is 1. The molecule has 1 aliphatic heterocycles. The SMILES string of the molecule is COc1cccc(NC2C[C@H](C)Sc3sccc32)c1. The zero-order valence-electron chi connectivity index (χ0n) is 11.1. The van der Waals surface area contributed by atoms with Crippen molar-refractivity contribution < 1.29 is 4.74 Å². The summed E-state index contributed by atoms with van der Waals surface area (Å²) in [6.07, 6.45) is 1.16. The van der Waals surface area contributed by atoms with Crippen LogP contribution in [0.4, 0.5) is 5.69 Å². The quantitative estimate of drug-likeness (QED) is 0.878. The van der Waals surface area contributed by atoms with Crippen LogP contribution in [0.2, 0.25) is 0 Å². The lowest BCUT2D eigenvalue weighted by Crippen LogP contribution is -2.18. The molecule has 0 aliphatic carbocycles. The molecule has 0 saturated carbocycles. The molecule has 1 unspecified atom stereocenters. The van der Waals surface area contributed by atoms with E-state index in [1.165, 1.54) is 9.77 Å². The topological polar surface area (TPSA) is 21.3 Å². The molecule has 0 saturated heterocycles. The molecule has 0 fully saturated rings. The molecule has 1 aromatic heterocycles. The molecule has 0 radical (unpaired) electrons.